The molecule has 0 aliphatic rings. The summed E-state index contributed by atoms with van der Waals surface area (Å²) in [6.07, 6.45) is -0.497. The van der Waals surface area contributed by atoms with Gasteiger partial charge in [-0.15, -0.1) is 0 Å². The summed E-state index contributed by atoms with van der Waals surface area (Å²) in [7, 11) is 0. The van der Waals surface area contributed by atoms with Crippen molar-refractivity contribution in [1.82, 2.24) is 15.5 Å². The van der Waals surface area contributed by atoms with Crippen LogP contribution in [0.25, 0.3) is 11.4 Å². The smallest absolute Gasteiger partial charge is 0.308 e. The molecule has 2 aromatic carbocycles. The molecule has 0 aliphatic heterocycles. The van der Waals surface area contributed by atoms with Gasteiger partial charge in [0.15, 0.2) is 0 Å². The Morgan fingerprint density at radius 2 is 1.88 bits per heavy atom. The average Bonchev–Trinajstić information content (AvgIpc) is 3.26. The van der Waals surface area contributed by atoms with E-state index in [1.54, 1.807) is 44.2 Å². The van der Waals surface area contributed by atoms with E-state index < -0.39 is 22.8 Å². The van der Waals surface area contributed by atoms with Crippen LogP contribution >= 0.6 is 11.6 Å². The first-order valence-corrected chi connectivity index (χ1v) is 10.9. The van der Waals surface area contributed by atoms with Crippen molar-refractivity contribution < 1.29 is 23.8 Å². The number of hydrogen-bond donors (Lipinski definition) is 1. The fraction of sp³-hybridized carbons (Fsp3) is 0.304. The Morgan fingerprint density at radius 1 is 1.18 bits per heavy atom. The molecule has 178 valence electrons. The second-order valence-corrected chi connectivity index (χ2v) is 8.13. The van der Waals surface area contributed by atoms with E-state index in [9.17, 15) is 19.7 Å². The minimum absolute atomic E-state index is 0.0292. The summed E-state index contributed by atoms with van der Waals surface area (Å²) in [6, 6.07) is 11.9. The lowest BCUT2D eigenvalue weighted by Crippen LogP contribution is -2.31. The standard InChI is InChI=1S/C23H23ClN4O6/c1-14(2)33-22(30)13-18(17-5-3-4-6-19(17)28(31)32)25-20(29)11-12-21-26-23(27-34-21)15-7-9-16(24)10-8-15/h3-10,14,18H,11-13H2,1-2H3,(H,25,29). The minimum Gasteiger partial charge on any atom is -0.463 e. The Labute approximate surface area is 200 Å². The van der Waals surface area contributed by atoms with Crippen molar-refractivity contribution in [3.05, 3.63) is 75.1 Å². The molecule has 0 saturated heterocycles. The molecule has 0 spiro atoms. The van der Waals surface area contributed by atoms with Gasteiger partial charge in [-0.3, -0.25) is 19.7 Å². The topological polar surface area (TPSA) is 137 Å². The first-order valence-electron chi connectivity index (χ1n) is 10.5. The summed E-state index contributed by atoms with van der Waals surface area (Å²) in [5.41, 5.74) is 0.725. The van der Waals surface area contributed by atoms with E-state index in [0.29, 0.717) is 16.4 Å². The van der Waals surface area contributed by atoms with Crippen molar-refractivity contribution in [2.75, 3.05) is 0 Å². The van der Waals surface area contributed by atoms with Gasteiger partial charge in [-0.05, 0) is 38.1 Å². The number of rotatable bonds is 10. The van der Waals surface area contributed by atoms with Crippen LogP contribution in [-0.4, -0.2) is 33.0 Å². The van der Waals surface area contributed by atoms with Crippen LogP contribution in [0.3, 0.4) is 0 Å². The van der Waals surface area contributed by atoms with Gasteiger partial charge in [-0.25, -0.2) is 0 Å². The number of nitro benzene ring substituents is 1. The third kappa shape index (κ3) is 6.85. The number of para-hydroxylation sites is 1. The van der Waals surface area contributed by atoms with E-state index in [0.717, 1.165) is 0 Å². The zero-order valence-electron chi connectivity index (χ0n) is 18.6. The summed E-state index contributed by atoms with van der Waals surface area (Å²) in [6.45, 7) is 3.39. The number of carbonyl (C=O) groups is 2. The second-order valence-electron chi connectivity index (χ2n) is 7.70. The Balaban J connectivity index is 1.69. The van der Waals surface area contributed by atoms with Crippen LogP contribution in [0.15, 0.2) is 53.1 Å². The van der Waals surface area contributed by atoms with E-state index in [-0.39, 0.29) is 42.5 Å². The number of ether oxygens (including phenoxy) is 1. The molecule has 1 aromatic heterocycles. The molecule has 3 rings (SSSR count). The maximum atomic E-state index is 12.7. The monoisotopic (exact) mass is 486 g/mol. The SMILES string of the molecule is CC(C)OC(=O)CC(NC(=O)CCc1nc(-c2ccc(Cl)cc2)no1)c1ccccc1[N+](=O)[O-]. The van der Waals surface area contributed by atoms with Gasteiger partial charge in [0, 0.05) is 29.5 Å². The number of esters is 1. The van der Waals surface area contributed by atoms with Crippen molar-refractivity contribution in [2.45, 2.75) is 45.3 Å². The molecule has 34 heavy (non-hydrogen) atoms. The van der Waals surface area contributed by atoms with Crippen LogP contribution in [0.5, 0.6) is 0 Å². The third-order valence-electron chi connectivity index (χ3n) is 4.72. The highest BCUT2D eigenvalue weighted by atomic mass is 35.5. The number of nitro groups is 1. The van der Waals surface area contributed by atoms with Crippen LogP contribution in [0, 0.1) is 10.1 Å². The predicted octanol–water partition coefficient (Wildman–Crippen LogP) is 4.43. The van der Waals surface area contributed by atoms with Crippen molar-refractivity contribution in [2.24, 2.45) is 0 Å². The molecule has 11 heteroatoms. The lowest BCUT2D eigenvalue weighted by Gasteiger charge is -2.19. The molecule has 3 aromatic rings. The van der Waals surface area contributed by atoms with E-state index in [2.05, 4.69) is 15.5 Å². The van der Waals surface area contributed by atoms with Crippen molar-refractivity contribution in [3.63, 3.8) is 0 Å². The number of carbonyl (C=O) groups excluding carboxylic acids is 2. The predicted molar refractivity (Wildman–Crippen MR) is 123 cm³/mol. The molecule has 0 aliphatic carbocycles. The molecule has 1 heterocycles. The summed E-state index contributed by atoms with van der Waals surface area (Å²) in [5.74, 6) is -0.405. The van der Waals surface area contributed by atoms with E-state index in [1.807, 2.05) is 0 Å². The van der Waals surface area contributed by atoms with Crippen LogP contribution in [0.1, 0.15) is 44.2 Å². The molecule has 1 atom stereocenters. The fourth-order valence-electron chi connectivity index (χ4n) is 3.22. The number of aryl methyl sites for hydroxylation is 1. The number of halogens is 1. The van der Waals surface area contributed by atoms with Crippen LogP contribution in [-0.2, 0) is 20.7 Å². The third-order valence-corrected chi connectivity index (χ3v) is 4.97. The van der Waals surface area contributed by atoms with Crippen LogP contribution in [0.2, 0.25) is 5.02 Å². The molecule has 0 saturated carbocycles. The molecule has 1 amide bonds. The molecular formula is C23H23ClN4O6. The van der Waals surface area contributed by atoms with Crippen molar-refractivity contribution >= 4 is 29.2 Å². The van der Waals surface area contributed by atoms with Gasteiger partial charge < -0.3 is 14.6 Å². The highest BCUT2D eigenvalue weighted by Crippen LogP contribution is 2.28. The summed E-state index contributed by atoms with van der Waals surface area (Å²) in [5, 5.41) is 18.6. The lowest BCUT2D eigenvalue weighted by molar-refractivity contribution is -0.385. The maximum absolute atomic E-state index is 12.7. The molecular weight excluding hydrogens is 464 g/mol. The van der Waals surface area contributed by atoms with Gasteiger partial charge in [-0.1, -0.05) is 35.0 Å². The zero-order valence-corrected chi connectivity index (χ0v) is 19.3. The maximum Gasteiger partial charge on any atom is 0.308 e. The largest absolute Gasteiger partial charge is 0.463 e. The number of benzene rings is 2. The first kappa shape index (κ1) is 24.8. The van der Waals surface area contributed by atoms with Gasteiger partial charge >= 0.3 is 5.97 Å². The number of nitrogens with zero attached hydrogens (tertiary/aromatic N) is 3. The summed E-state index contributed by atoms with van der Waals surface area (Å²) >= 11 is 5.88. The van der Waals surface area contributed by atoms with Crippen molar-refractivity contribution in [1.29, 1.82) is 0 Å². The Bertz CT molecular complexity index is 1160. The summed E-state index contributed by atoms with van der Waals surface area (Å²) < 4.78 is 10.4. The Hall–Kier alpha value is -3.79. The summed E-state index contributed by atoms with van der Waals surface area (Å²) in [4.78, 5) is 40.1. The molecule has 0 bridgehead atoms. The van der Waals surface area contributed by atoms with Gasteiger partial charge in [0.2, 0.25) is 17.6 Å². The molecule has 0 radical (unpaired) electrons. The number of nitrogens with one attached hydrogen (secondary N) is 1. The van der Waals surface area contributed by atoms with E-state index in [4.69, 9.17) is 20.9 Å². The van der Waals surface area contributed by atoms with E-state index in [1.165, 1.54) is 18.2 Å². The first-order chi connectivity index (χ1) is 16.2. The number of amides is 1. The minimum atomic E-state index is -0.937. The zero-order chi connectivity index (χ0) is 24.7. The number of hydrogen-bond acceptors (Lipinski definition) is 8. The van der Waals surface area contributed by atoms with Gasteiger partial charge in [0.25, 0.3) is 5.69 Å². The van der Waals surface area contributed by atoms with Crippen LogP contribution < -0.4 is 5.32 Å². The van der Waals surface area contributed by atoms with Gasteiger partial charge in [0.05, 0.1) is 29.1 Å². The lowest BCUT2D eigenvalue weighted by atomic mass is 10.0. The molecule has 1 unspecified atom stereocenters. The average molecular weight is 487 g/mol. The van der Waals surface area contributed by atoms with E-state index >= 15 is 0 Å². The Morgan fingerprint density at radius 3 is 2.56 bits per heavy atom. The fourth-order valence-corrected chi connectivity index (χ4v) is 3.35. The van der Waals surface area contributed by atoms with Crippen molar-refractivity contribution in [3.8, 4) is 11.4 Å². The number of aromatic nitrogens is 2. The van der Waals surface area contributed by atoms with Gasteiger partial charge in [-0.2, -0.15) is 4.98 Å². The quantitative estimate of drug-likeness (QED) is 0.252. The van der Waals surface area contributed by atoms with Gasteiger partial charge in [0.1, 0.15) is 0 Å². The highest BCUT2D eigenvalue weighted by Gasteiger charge is 2.26. The normalized spacial score (nSPS) is 11.8. The molecule has 1 N–H and O–H groups in total. The second kappa shape index (κ2) is 11.4. The molecule has 0 fully saturated rings. The highest BCUT2D eigenvalue weighted by molar-refractivity contribution is 6.30. The van der Waals surface area contributed by atoms with Crippen LogP contribution in [0.4, 0.5) is 5.69 Å². The molecule has 10 nitrogen and oxygen atoms in total. The Kier molecular flexibility index (Phi) is 8.31.